The Morgan fingerprint density at radius 2 is 1.77 bits per heavy atom. The van der Waals surface area contributed by atoms with Gasteiger partial charge in [0.2, 0.25) is 16.0 Å². The maximum Gasteiger partial charge on any atom is 0.247 e. The van der Waals surface area contributed by atoms with Gasteiger partial charge in [0, 0.05) is 24.3 Å². The van der Waals surface area contributed by atoms with Crippen LogP contribution in [0.2, 0.25) is 10.0 Å². The number of nitrogens with one attached hydrogen (secondary N) is 2. The molecule has 1 fully saturated rings. The lowest BCUT2D eigenvalue weighted by Gasteiger charge is -2.15. The van der Waals surface area contributed by atoms with Crippen LogP contribution in [-0.2, 0) is 10.0 Å². The number of likely N-dealkylation sites (tertiary alicyclic amines) is 1. The first-order valence-electron chi connectivity index (χ1n) is 12.5. The molecular weight excluding hydrogens is 559 g/mol. The highest BCUT2D eigenvalue weighted by molar-refractivity contribution is 7.89. The molecule has 0 amide bonds. The smallest absolute Gasteiger partial charge is 0.247 e. The number of aromatic nitrogens is 3. The molecule has 0 radical (unpaired) electrons. The highest BCUT2D eigenvalue weighted by Gasteiger charge is 2.18. The Balaban J connectivity index is 1.32. The van der Waals surface area contributed by atoms with Crippen molar-refractivity contribution in [3.63, 3.8) is 0 Å². The third-order valence-corrected chi connectivity index (χ3v) is 8.82. The average Bonchev–Trinajstić information content (AvgIpc) is 3.43. The maximum atomic E-state index is 12.7. The van der Waals surface area contributed by atoms with Crippen molar-refractivity contribution in [3.8, 4) is 16.9 Å². The molecule has 1 aromatic heterocycles. The molecule has 5 rings (SSSR count). The van der Waals surface area contributed by atoms with Gasteiger partial charge in [0.15, 0.2) is 0 Å². The van der Waals surface area contributed by atoms with E-state index in [-0.39, 0.29) is 10.8 Å². The predicted molar refractivity (Wildman–Crippen MR) is 155 cm³/mol. The topological polar surface area (TPSA) is 109 Å². The van der Waals surface area contributed by atoms with Gasteiger partial charge in [-0.25, -0.2) is 18.1 Å². The van der Waals surface area contributed by atoms with Gasteiger partial charge in [-0.2, -0.15) is 0 Å². The van der Waals surface area contributed by atoms with E-state index in [1.54, 1.807) is 43.5 Å². The summed E-state index contributed by atoms with van der Waals surface area (Å²) in [6.07, 6.45) is 2.34. The van der Waals surface area contributed by atoms with E-state index in [4.69, 9.17) is 27.9 Å². The first-order chi connectivity index (χ1) is 18.7. The molecule has 3 aromatic carbocycles. The van der Waals surface area contributed by atoms with E-state index in [0.717, 1.165) is 24.2 Å². The molecule has 0 unspecified atom stereocenters. The molecule has 1 aliphatic rings. The molecule has 204 valence electrons. The predicted octanol–water partition coefficient (Wildman–Crippen LogP) is 5.43. The zero-order chi connectivity index (χ0) is 27.6. The Kier molecular flexibility index (Phi) is 8.20. The number of benzene rings is 3. The van der Waals surface area contributed by atoms with E-state index in [0.29, 0.717) is 51.2 Å². The molecule has 0 spiro atoms. The summed E-state index contributed by atoms with van der Waals surface area (Å²) in [4.78, 5) is 7.08. The van der Waals surface area contributed by atoms with Gasteiger partial charge in [-0.3, -0.25) is 0 Å². The quantitative estimate of drug-likeness (QED) is 0.267. The number of hydrogen-bond acceptors (Lipinski definition) is 8. The number of sulfonamides is 1. The van der Waals surface area contributed by atoms with E-state index in [2.05, 4.69) is 30.1 Å². The lowest BCUT2D eigenvalue weighted by molar-refractivity contribution is 0.344. The van der Waals surface area contributed by atoms with Crippen LogP contribution in [0, 0.1) is 6.92 Å². The van der Waals surface area contributed by atoms with Crippen LogP contribution in [0.15, 0.2) is 53.4 Å². The van der Waals surface area contributed by atoms with Crippen LogP contribution in [0.4, 0.5) is 11.6 Å². The zero-order valence-corrected chi connectivity index (χ0v) is 23.9. The van der Waals surface area contributed by atoms with Gasteiger partial charge in [0.25, 0.3) is 0 Å². The molecule has 0 saturated carbocycles. The van der Waals surface area contributed by atoms with Gasteiger partial charge in [0.05, 0.1) is 27.6 Å². The lowest BCUT2D eigenvalue weighted by atomic mass is 10.0. The summed E-state index contributed by atoms with van der Waals surface area (Å²) in [5, 5.41) is 12.6. The molecule has 0 bridgehead atoms. The number of methoxy groups -OCH3 is 1. The Bertz CT molecular complexity index is 1610. The summed E-state index contributed by atoms with van der Waals surface area (Å²) in [6, 6.07) is 13.7. The molecule has 0 atom stereocenters. The van der Waals surface area contributed by atoms with Crippen LogP contribution >= 0.6 is 23.2 Å². The number of anilines is 2. The number of hydrogen-bond donors (Lipinski definition) is 2. The minimum atomic E-state index is -3.59. The van der Waals surface area contributed by atoms with E-state index >= 15 is 0 Å². The molecular formula is C27H28Cl2N6O3S. The van der Waals surface area contributed by atoms with E-state index in [1.807, 2.05) is 19.1 Å². The second-order valence-corrected chi connectivity index (χ2v) is 11.9. The van der Waals surface area contributed by atoms with Crippen molar-refractivity contribution < 1.29 is 13.2 Å². The summed E-state index contributed by atoms with van der Waals surface area (Å²) < 4.78 is 33.3. The summed E-state index contributed by atoms with van der Waals surface area (Å²) in [5.74, 6) is 0.810. The van der Waals surface area contributed by atoms with Gasteiger partial charge in [-0.1, -0.05) is 23.2 Å². The Morgan fingerprint density at radius 1 is 1.03 bits per heavy atom. The fourth-order valence-electron chi connectivity index (χ4n) is 4.64. The van der Waals surface area contributed by atoms with E-state index in [9.17, 15) is 8.42 Å². The summed E-state index contributed by atoms with van der Waals surface area (Å²) in [5.41, 5.74) is 4.15. The lowest BCUT2D eigenvalue weighted by Crippen LogP contribution is -2.33. The highest BCUT2D eigenvalue weighted by atomic mass is 35.5. The van der Waals surface area contributed by atoms with Crippen molar-refractivity contribution in [2.45, 2.75) is 24.7 Å². The first-order valence-corrected chi connectivity index (χ1v) is 14.8. The monoisotopic (exact) mass is 586 g/mol. The minimum absolute atomic E-state index is 0.199. The SMILES string of the molecule is COc1ccc(Cl)c(-c2cc(C)c3nc(Nc4ccc(S(=O)(=O)NCCN5CCCC5)cc4)nnc3c2)c1Cl. The van der Waals surface area contributed by atoms with Crippen molar-refractivity contribution >= 4 is 55.9 Å². The molecule has 2 heterocycles. The Morgan fingerprint density at radius 3 is 2.49 bits per heavy atom. The van der Waals surface area contributed by atoms with Gasteiger partial charge >= 0.3 is 0 Å². The standard InChI is InChI=1S/C27H28Cl2N6O3S/c1-17-15-18(24-21(28)9-10-23(38-2)25(24)29)16-22-26(17)32-27(34-33-22)31-19-5-7-20(8-6-19)39(36,37)30-11-14-35-12-3-4-13-35/h5-10,15-16,30H,3-4,11-14H2,1-2H3,(H,31,32,34). The molecule has 1 saturated heterocycles. The van der Waals surface area contributed by atoms with Crippen molar-refractivity contribution in [2.24, 2.45) is 0 Å². The van der Waals surface area contributed by atoms with Crippen molar-refractivity contribution in [1.82, 2.24) is 24.8 Å². The number of fused-ring (bicyclic) bond motifs is 1. The van der Waals surface area contributed by atoms with Crippen molar-refractivity contribution in [3.05, 3.63) is 64.1 Å². The third kappa shape index (κ3) is 6.10. The van der Waals surface area contributed by atoms with Gasteiger partial charge in [-0.05, 0) is 92.5 Å². The summed E-state index contributed by atoms with van der Waals surface area (Å²) >= 11 is 13.0. The fraction of sp³-hybridized carbons (Fsp3) is 0.296. The van der Waals surface area contributed by atoms with Crippen LogP contribution < -0.4 is 14.8 Å². The largest absolute Gasteiger partial charge is 0.495 e. The molecule has 1 aliphatic heterocycles. The molecule has 4 aromatic rings. The van der Waals surface area contributed by atoms with Gasteiger partial charge < -0.3 is 15.0 Å². The maximum absolute atomic E-state index is 12.7. The number of aryl methyl sites for hydroxylation is 1. The normalized spacial score (nSPS) is 14.2. The van der Waals surface area contributed by atoms with Crippen molar-refractivity contribution in [1.29, 1.82) is 0 Å². The van der Waals surface area contributed by atoms with E-state index in [1.165, 1.54) is 12.8 Å². The molecule has 39 heavy (non-hydrogen) atoms. The number of halogens is 2. The van der Waals surface area contributed by atoms with Crippen molar-refractivity contribution in [2.75, 3.05) is 38.6 Å². The molecule has 0 aliphatic carbocycles. The number of ether oxygens (including phenoxy) is 1. The number of rotatable bonds is 9. The minimum Gasteiger partial charge on any atom is -0.495 e. The average molecular weight is 588 g/mol. The second kappa shape index (κ2) is 11.6. The second-order valence-electron chi connectivity index (χ2n) is 9.33. The van der Waals surface area contributed by atoms with Gasteiger partial charge in [0.1, 0.15) is 11.3 Å². The molecule has 2 N–H and O–H groups in total. The molecule has 9 nitrogen and oxygen atoms in total. The molecule has 12 heteroatoms. The Labute approximate surface area is 237 Å². The summed E-state index contributed by atoms with van der Waals surface area (Å²) in [7, 11) is -2.04. The highest BCUT2D eigenvalue weighted by Crippen LogP contribution is 2.41. The van der Waals surface area contributed by atoms with Crippen LogP contribution in [0.5, 0.6) is 5.75 Å². The van der Waals surface area contributed by atoms with Crippen LogP contribution in [0.3, 0.4) is 0 Å². The first kappa shape index (κ1) is 27.5. The van der Waals surface area contributed by atoms with Crippen LogP contribution in [0.25, 0.3) is 22.2 Å². The third-order valence-electron chi connectivity index (χ3n) is 6.65. The van der Waals surface area contributed by atoms with Crippen LogP contribution in [-0.4, -0.2) is 61.8 Å². The summed E-state index contributed by atoms with van der Waals surface area (Å²) in [6.45, 7) is 5.07. The van der Waals surface area contributed by atoms with Gasteiger partial charge in [-0.15, -0.1) is 10.2 Å². The zero-order valence-electron chi connectivity index (χ0n) is 21.5. The van der Waals surface area contributed by atoms with Crippen LogP contribution in [0.1, 0.15) is 18.4 Å². The Hall–Kier alpha value is -3.02. The fourth-order valence-corrected chi connectivity index (χ4v) is 6.33. The number of nitrogens with zero attached hydrogens (tertiary/aromatic N) is 4. The van der Waals surface area contributed by atoms with E-state index < -0.39 is 10.0 Å².